The molecule has 1 nitrogen and oxygen atoms in total. The molecule has 1 aliphatic rings. The van der Waals surface area contributed by atoms with Crippen LogP contribution in [0, 0.1) is 11.8 Å². The van der Waals surface area contributed by atoms with E-state index in [1.807, 2.05) is 0 Å². The van der Waals surface area contributed by atoms with Crippen LogP contribution >= 0.6 is 0 Å². The molecule has 1 aliphatic heterocycles. The SMILES string of the molecule is CC(C)[C@H]1C[C@@H](C)CCN1. The highest BCUT2D eigenvalue weighted by molar-refractivity contribution is 4.78. The Morgan fingerprint density at radius 3 is 2.50 bits per heavy atom. The third kappa shape index (κ3) is 1.98. The molecule has 1 N–H and O–H groups in total. The van der Waals surface area contributed by atoms with Crippen molar-refractivity contribution < 1.29 is 0 Å². The molecule has 1 heterocycles. The van der Waals surface area contributed by atoms with Crippen LogP contribution < -0.4 is 5.32 Å². The van der Waals surface area contributed by atoms with Crippen LogP contribution in [-0.4, -0.2) is 12.6 Å². The van der Waals surface area contributed by atoms with Crippen molar-refractivity contribution in [3.05, 3.63) is 0 Å². The first-order valence-corrected chi connectivity index (χ1v) is 4.43. The second-order valence-corrected chi connectivity index (χ2v) is 3.93. The predicted molar refractivity (Wildman–Crippen MR) is 45.0 cm³/mol. The average Bonchev–Trinajstić information content (AvgIpc) is 1.88. The van der Waals surface area contributed by atoms with Crippen LogP contribution in [-0.2, 0) is 0 Å². The summed E-state index contributed by atoms with van der Waals surface area (Å²) in [5.74, 6) is 1.75. The Morgan fingerprint density at radius 2 is 2.10 bits per heavy atom. The molecule has 0 aliphatic carbocycles. The number of rotatable bonds is 1. The Bertz CT molecular complexity index is 98.9. The molecule has 10 heavy (non-hydrogen) atoms. The fourth-order valence-electron chi connectivity index (χ4n) is 1.66. The summed E-state index contributed by atoms with van der Waals surface area (Å²) in [5.41, 5.74) is 0. The molecule has 0 saturated carbocycles. The zero-order valence-corrected chi connectivity index (χ0v) is 7.35. The number of nitrogens with one attached hydrogen (secondary N) is 1. The van der Waals surface area contributed by atoms with Crippen LogP contribution in [0.5, 0.6) is 0 Å². The minimum atomic E-state index is 0.781. The zero-order valence-electron chi connectivity index (χ0n) is 7.35. The first-order chi connectivity index (χ1) is 4.70. The summed E-state index contributed by atoms with van der Waals surface area (Å²) in [7, 11) is 0. The van der Waals surface area contributed by atoms with Crippen LogP contribution in [0.2, 0.25) is 0 Å². The van der Waals surface area contributed by atoms with Gasteiger partial charge in [-0.3, -0.25) is 0 Å². The highest BCUT2D eigenvalue weighted by Crippen LogP contribution is 2.19. The van der Waals surface area contributed by atoms with Crippen molar-refractivity contribution in [1.29, 1.82) is 0 Å². The molecule has 1 rings (SSSR count). The highest BCUT2D eigenvalue weighted by atomic mass is 14.9. The molecule has 2 atom stereocenters. The van der Waals surface area contributed by atoms with E-state index in [1.54, 1.807) is 0 Å². The predicted octanol–water partition coefficient (Wildman–Crippen LogP) is 2.03. The van der Waals surface area contributed by atoms with Gasteiger partial charge in [-0.2, -0.15) is 0 Å². The normalized spacial score (nSPS) is 34.8. The molecule has 1 saturated heterocycles. The van der Waals surface area contributed by atoms with E-state index in [-0.39, 0.29) is 0 Å². The van der Waals surface area contributed by atoms with Crippen LogP contribution in [0.4, 0.5) is 0 Å². The lowest BCUT2D eigenvalue weighted by atomic mass is 9.88. The van der Waals surface area contributed by atoms with E-state index >= 15 is 0 Å². The lowest BCUT2D eigenvalue weighted by molar-refractivity contribution is 0.268. The largest absolute Gasteiger partial charge is 0.314 e. The van der Waals surface area contributed by atoms with E-state index in [4.69, 9.17) is 0 Å². The van der Waals surface area contributed by atoms with Crippen molar-refractivity contribution in [2.45, 2.75) is 39.7 Å². The molecule has 0 aromatic carbocycles. The standard InChI is InChI=1S/C9H19N/c1-7(2)9-6-8(3)4-5-10-9/h7-10H,4-6H2,1-3H3/t8-,9+/m0/s1. The van der Waals surface area contributed by atoms with Gasteiger partial charge in [0.05, 0.1) is 0 Å². The molecular formula is C9H19N. The van der Waals surface area contributed by atoms with Gasteiger partial charge in [-0.05, 0) is 31.2 Å². The maximum atomic E-state index is 3.55. The van der Waals surface area contributed by atoms with Gasteiger partial charge in [0.2, 0.25) is 0 Å². The summed E-state index contributed by atoms with van der Waals surface area (Å²) in [6.45, 7) is 8.19. The molecule has 1 fully saturated rings. The molecule has 0 aromatic rings. The topological polar surface area (TPSA) is 12.0 Å². The van der Waals surface area contributed by atoms with E-state index in [0.717, 1.165) is 17.9 Å². The van der Waals surface area contributed by atoms with Gasteiger partial charge in [0.1, 0.15) is 0 Å². The van der Waals surface area contributed by atoms with Crippen LogP contribution in [0.15, 0.2) is 0 Å². The smallest absolute Gasteiger partial charge is 0.00926 e. The Balaban J connectivity index is 2.32. The van der Waals surface area contributed by atoms with Crippen molar-refractivity contribution in [2.24, 2.45) is 11.8 Å². The van der Waals surface area contributed by atoms with Gasteiger partial charge < -0.3 is 5.32 Å². The summed E-state index contributed by atoms with van der Waals surface area (Å²) < 4.78 is 0. The quantitative estimate of drug-likeness (QED) is 0.589. The molecule has 0 amide bonds. The molecule has 0 radical (unpaired) electrons. The van der Waals surface area contributed by atoms with E-state index < -0.39 is 0 Å². The summed E-state index contributed by atoms with van der Waals surface area (Å²) in [6.07, 6.45) is 2.74. The lowest BCUT2D eigenvalue weighted by Gasteiger charge is -2.30. The number of hydrogen-bond acceptors (Lipinski definition) is 1. The van der Waals surface area contributed by atoms with Crippen LogP contribution in [0.3, 0.4) is 0 Å². The monoisotopic (exact) mass is 141 g/mol. The lowest BCUT2D eigenvalue weighted by Crippen LogP contribution is -2.40. The molecular weight excluding hydrogens is 122 g/mol. The summed E-state index contributed by atoms with van der Waals surface area (Å²) >= 11 is 0. The van der Waals surface area contributed by atoms with Gasteiger partial charge in [0, 0.05) is 6.04 Å². The Kier molecular flexibility index (Phi) is 2.72. The molecule has 0 aromatic heterocycles. The van der Waals surface area contributed by atoms with Gasteiger partial charge in [-0.1, -0.05) is 20.8 Å². The van der Waals surface area contributed by atoms with Gasteiger partial charge in [0.25, 0.3) is 0 Å². The van der Waals surface area contributed by atoms with Crippen molar-refractivity contribution in [3.8, 4) is 0 Å². The van der Waals surface area contributed by atoms with Crippen molar-refractivity contribution in [3.63, 3.8) is 0 Å². The number of piperidine rings is 1. The number of hydrogen-bond donors (Lipinski definition) is 1. The third-order valence-electron chi connectivity index (χ3n) is 2.50. The van der Waals surface area contributed by atoms with Crippen LogP contribution in [0.1, 0.15) is 33.6 Å². The van der Waals surface area contributed by atoms with Gasteiger partial charge in [-0.15, -0.1) is 0 Å². The van der Waals surface area contributed by atoms with Crippen molar-refractivity contribution in [2.75, 3.05) is 6.54 Å². The maximum Gasteiger partial charge on any atom is 0.00926 e. The van der Waals surface area contributed by atoms with Crippen molar-refractivity contribution in [1.82, 2.24) is 5.32 Å². The first kappa shape index (κ1) is 8.06. The Labute approximate surface area is 64.2 Å². The van der Waals surface area contributed by atoms with E-state index in [9.17, 15) is 0 Å². The first-order valence-electron chi connectivity index (χ1n) is 4.43. The van der Waals surface area contributed by atoms with Crippen LogP contribution in [0.25, 0.3) is 0 Å². The second-order valence-electron chi connectivity index (χ2n) is 3.93. The maximum absolute atomic E-state index is 3.55. The van der Waals surface area contributed by atoms with E-state index in [1.165, 1.54) is 19.4 Å². The second kappa shape index (κ2) is 3.38. The summed E-state index contributed by atoms with van der Waals surface area (Å²) in [4.78, 5) is 0. The molecule has 0 spiro atoms. The van der Waals surface area contributed by atoms with Gasteiger partial charge >= 0.3 is 0 Å². The van der Waals surface area contributed by atoms with Gasteiger partial charge in [0.15, 0.2) is 0 Å². The summed E-state index contributed by atoms with van der Waals surface area (Å²) in [6, 6.07) is 0.781. The Morgan fingerprint density at radius 1 is 1.40 bits per heavy atom. The van der Waals surface area contributed by atoms with Gasteiger partial charge in [-0.25, -0.2) is 0 Å². The third-order valence-corrected chi connectivity index (χ3v) is 2.50. The van der Waals surface area contributed by atoms with Crippen molar-refractivity contribution >= 4 is 0 Å². The fourth-order valence-corrected chi connectivity index (χ4v) is 1.66. The average molecular weight is 141 g/mol. The van der Waals surface area contributed by atoms with E-state index in [0.29, 0.717) is 0 Å². The van der Waals surface area contributed by atoms with E-state index in [2.05, 4.69) is 26.1 Å². The molecule has 1 heteroatoms. The summed E-state index contributed by atoms with van der Waals surface area (Å²) in [5, 5.41) is 3.55. The minimum absolute atomic E-state index is 0.781. The minimum Gasteiger partial charge on any atom is -0.314 e. The Hall–Kier alpha value is -0.0400. The molecule has 60 valence electrons. The fraction of sp³-hybridized carbons (Fsp3) is 1.00. The zero-order chi connectivity index (χ0) is 7.56. The highest BCUT2D eigenvalue weighted by Gasteiger charge is 2.19. The molecule has 0 bridgehead atoms. The molecule has 0 unspecified atom stereocenters.